The van der Waals surface area contributed by atoms with Gasteiger partial charge < -0.3 is 99.9 Å². The monoisotopic (exact) mass is 1620 g/mol. The van der Waals surface area contributed by atoms with Crippen molar-refractivity contribution in [1.82, 2.24) is 54.8 Å². The van der Waals surface area contributed by atoms with Gasteiger partial charge in [-0.05, 0) is 126 Å². The third-order valence-corrected chi connectivity index (χ3v) is 18.2. The molecule has 40 nitrogen and oxygen atoms in total. The van der Waals surface area contributed by atoms with Gasteiger partial charge in [-0.2, -0.15) is 15.0 Å². The highest BCUT2D eigenvalue weighted by molar-refractivity contribution is 7.46. The first-order valence-corrected chi connectivity index (χ1v) is 38.1. The fraction of sp³-hybridized carbons (Fsp3) is 0.333. The van der Waals surface area contributed by atoms with Crippen LogP contribution in [0.1, 0.15) is 41.5 Å². The maximum Gasteiger partial charge on any atom is 0.471 e. The first-order chi connectivity index (χ1) is 54.3. The number of carbonyl (C=O) groups excluding carboxylic acids is 3. The molecule has 600 valence electrons. The number of anilines is 18. The third kappa shape index (κ3) is 20.1. The first-order valence-electron chi connectivity index (χ1n) is 35.0. The lowest BCUT2D eigenvalue weighted by atomic mass is 10.1. The van der Waals surface area contributed by atoms with E-state index in [4.69, 9.17) is 48.0 Å². The number of halogens is 3. The van der Waals surface area contributed by atoms with E-state index >= 15 is 0 Å². The molecular formula is C69H76F3N23O17P2. The molecule has 0 aliphatic carbocycles. The number of ether oxygens (including phenoxy) is 6. The molecule has 0 unspecified atom stereocenters. The van der Waals surface area contributed by atoms with Gasteiger partial charge in [0.1, 0.15) is 42.6 Å². The second-order valence-corrected chi connectivity index (χ2v) is 29.4. The highest BCUT2D eigenvalue weighted by Gasteiger charge is 2.45. The number of benzene rings is 1. The minimum absolute atomic E-state index is 0.0658. The van der Waals surface area contributed by atoms with Crippen molar-refractivity contribution in [2.45, 2.75) is 58.3 Å². The Bertz CT molecular complexity index is 4890. The lowest BCUT2D eigenvalue weighted by Crippen LogP contribution is -2.53. The van der Waals surface area contributed by atoms with Crippen LogP contribution in [0.2, 0.25) is 0 Å². The predicted molar refractivity (Wildman–Crippen MR) is 406 cm³/mol. The Kier molecular flexibility index (Phi) is 23.8. The fourth-order valence-electron chi connectivity index (χ4n) is 11.6. The molecule has 0 spiro atoms. The summed E-state index contributed by atoms with van der Waals surface area (Å²) >= 11 is 0. The van der Waals surface area contributed by atoms with Crippen molar-refractivity contribution in [1.29, 1.82) is 0 Å². The van der Waals surface area contributed by atoms with E-state index in [1.807, 2.05) is 42.5 Å². The summed E-state index contributed by atoms with van der Waals surface area (Å²) in [4.78, 5) is 129. The van der Waals surface area contributed by atoms with E-state index in [1.165, 1.54) is 52.0 Å². The van der Waals surface area contributed by atoms with Crippen molar-refractivity contribution >= 4 is 138 Å². The summed E-state index contributed by atoms with van der Waals surface area (Å²) in [6, 6.07) is 24.2. The van der Waals surface area contributed by atoms with E-state index in [2.05, 4.69) is 116 Å². The van der Waals surface area contributed by atoms with E-state index in [9.17, 15) is 36.7 Å². The molecular weight excluding hydrogens is 1540 g/mol. The molecule has 114 heavy (non-hydrogen) atoms. The van der Waals surface area contributed by atoms with Gasteiger partial charge in [-0.3, -0.25) is 33.2 Å². The Morgan fingerprint density at radius 2 is 0.789 bits per heavy atom. The topological polar surface area (TPSA) is 482 Å². The zero-order valence-corrected chi connectivity index (χ0v) is 63.4. The Morgan fingerprint density at radius 1 is 0.430 bits per heavy atom. The van der Waals surface area contributed by atoms with Crippen LogP contribution in [0.5, 0.6) is 17.2 Å². The fourth-order valence-corrected chi connectivity index (χ4v) is 12.1. The number of hydrogen-bond acceptors (Lipinski definition) is 33. The number of rotatable bonds is 21. The number of nitrogens with one attached hydrogen (secondary N) is 7. The summed E-state index contributed by atoms with van der Waals surface area (Å²) in [5, 5.41) is 20.0. The van der Waals surface area contributed by atoms with Gasteiger partial charge in [0.05, 0.1) is 82.0 Å². The average molecular weight is 1620 g/mol. The number of pyridine rings is 5. The van der Waals surface area contributed by atoms with Crippen LogP contribution in [0.3, 0.4) is 0 Å². The highest BCUT2D eigenvalue weighted by Crippen LogP contribution is 2.44. The second-order valence-electron chi connectivity index (χ2n) is 26.9. The zero-order chi connectivity index (χ0) is 80.7. The molecule has 15 rings (SSSR count). The quantitative estimate of drug-likeness (QED) is 0.0303. The Morgan fingerprint density at radius 3 is 1.18 bits per heavy atom. The van der Waals surface area contributed by atoms with Crippen LogP contribution in [0.25, 0.3) is 0 Å². The number of hydrogen-bond donors (Lipinski definition) is 11. The zero-order valence-electron chi connectivity index (χ0n) is 61.6. The minimum Gasteiger partial charge on any atom is -0.474 e. The SMILES string of the molecule is CC1(C)Oc2ccc(Nc3nc(Nc4ccc(N5CCOCC5)cc4)ncc3F)nc2N(COP(=O)(O)O)C1=O.CC1(C)Oc2ccc(Nc3nc(Nc4ccc(N5CCOCC5)nc4)ncc3F)nc2N(COP(=O)(O)O)C1=O.CC1(C)Oc2ccc(Nc3nc(Nc4ccc(N5CCOCC5)nc4)ncc3F)nc2NC1=O. The maximum absolute atomic E-state index is 14.6. The van der Waals surface area contributed by atoms with Crippen LogP contribution < -0.4 is 75.9 Å². The van der Waals surface area contributed by atoms with E-state index in [-0.39, 0.29) is 87.6 Å². The van der Waals surface area contributed by atoms with Gasteiger partial charge in [-0.1, -0.05) is 0 Å². The van der Waals surface area contributed by atoms with Gasteiger partial charge in [0, 0.05) is 50.6 Å². The van der Waals surface area contributed by atoms with Crippen LogP contribution in [0.15, 0.2) is 116 Å². The molecule has 0 radical (unpaired) electrons. The molecule has 3 fully saturated rings. The van der Waals surface area contributed by atoms with Crippen molar-refractivity contribution in [3.63, 3.8) is 0 Å². The first kappa shape index (κ1) is 80.2. The van der Waals surface area contributed by atoms with E-state index < -0.39 is 75.2 Å². The summed E-state index contributed by atoms with van der Waals surface area (Å²) in [5.74, 6) is -0.996. The van der Waals surface area contributed by atoms with Crippen LogP contribution in [0.4, 0.5) is 118 Å². The molecule has 3 saturated heterocycles. The normalized spacial score (nSPS) is 16.8. The maximum atomic E-state index is 14.6. The number of morpholine rings is 3. The molecule has 0 atom stereocenters. The molecule has 6 aliphatic rings. The molecule has 0 bridgehead atoms. The molecule has 45 heteroatoms. The lowest BCUT2D eigenvalue weighted by molar-refractivity contribution is -0.134. The summed E-state index contributed by atoms with van der Waals surface area (Å²) in [7, 11) is -9.78. The second kappa shape index (κ2) is 33.8. The van der Waals surface area contributed by atoms with Crippen molar-refractivity contribution in [3.05, 3.63) is 133 Å². The summed E-state index contributed by atoms with van der Waals surface area (Å²) in [6.07, 6.45) is 6.30. The van der Waals surface area contributed by atoms with Gasteiger partial charge in [-0.15, -0.1) is 0 Å². The molecule has 14 heterocycles. The number of amides is 3. The van der Waals surface area contributed by atoms with Crippen LogP contribution in [0, 0.1) is 17.5 Å². The molecule has 9 aromatic rings. The predicted octanol–water partition coefficient (Wildman–Crippen LogP) is 8.04. The number of phosphoric ester groups is 2. The summed E-state index contributed by atoms with van der Waals surface area (Å²) in [6.45, 7) is 16.4. The summed E-state index contributed by atoms with van der Waals surface area (Å²) < 4.78 is 108. The standard InChI is InChI=1S/C24H27FN7O7P.C23H26FN8O7P.C22H23FN8O3/c1-24(2)22(33)32(14-38-40(34,35)36)21-18(39-24)7-8-19(29-21)28-20-17(25)13-26-23(30-20)27-15-3-5-16(6-4-15)31-9-11-37-12-10-31;1-23(2)21(33)32(13-38-40(34,35)36)20-16(39-23)4-5-17(29-20)28-19-15(24)12-26-22(30-19)27-14-3-6-18(25-11-14)31-7-9-37-10-8-31;1-22(2)20(32)29-19-15(34-22)4-5-16(28-19)27-18-14(23)12-25-21(30-18)26-13-3-6-17(24-11-13)31-7-9-33-10-8-31/h3-8,13H,9-12,14H2,1-2H3,(H2,34,35,36)(H2,26,27,28,29,30);3-6,11-12H,7-10,13H2,1-2H3,(H2,34,35,36)(H2,26,27,28,29,30);3-6,11-12H,7-10H2,1-2H3,(H3,25,26,27,28,29,30,32). The van der Waals surface area contributed by atoms with Gasteiger partial charge in [0.15, 0.2) is 86.4 Å². The number of nitrogens with zero attached hydrogens (tertiary/aromatic N) is 16. The van der Waals surface area contributed by atoms with Gasteiger partial charge >= 0.3 is 15.6 Å². The Labute approximate surface area is 647 Å². The average Bonchev–Trinajstić information content (AvgIpc) is 0.723. The van der Waals surface area contributed by atoms with Gasteiger partial charge in [-0.25, -0.2) is 62.2 Å². The number of carbonyl (C=O) groups is 3. The molecule has 3 amide bonds. The number of aromatic nitrogens is 11. The number of phosphoric acid groups is 2. The van der Waals surface area contributed by atoms with Crippen LogP contribution >= 0.6 is 15.6 Å². The van der Waals surface area contributed by atoms with Crippen LogP contribution in [-0.4, -0.2) is 201 Å². The van der Waals surface area contributed by atoms with Crippen molar-refractivity contribution < 1.29 is 93.7 Å². The highest BCUT2D eigenvalue weighted by atomic mass is 31.2. The molecule has 6 aliphatic heterocycles. The van der Waals surface area contributed by atoms with Crippen molar-refractivity contribution in [2.75, 3.05) is 154 Å². The smallest absolute Gasteiger partial charge is 0.471 e. The summed E-state index contributed by atoms with van der Waals surface area (Å²) in [5.41, 5.74) is -0.707. The van der Waals surface area contributed by atoms with Crippen molar-refractivity contribution in [3.8, 4) is 17.2 Å². The largest absolute Gasteiger partial charge is 0.474 e. The molecule has 1 aromatic carbocycles. The molecule has 0 saturated carbocycles. The minimum atomic E-state index is -4.89. The van der Waals surface area contributed by atoms with Crippen molar-refractivity contribution in [2.24, 2.45) is 0 Å². The lowest BCUT2D eigenvalue weighted by Gasteiger charge is -2.37. The number of fused-ring (bicyclic) bond motifs is 3. The van der Waals surface area contributed by atoms with E-state index in [0.29, 0.717) is 62.5 Å². The third-order valence-electron chi connectivity index (χ3n) is 17.3. The van der Waals surface area contributed by atoms with E-state index in [0.717, 1.165) is 85.0 Å². The Balaban J connectivity index is 0.000000150. The van der Waals surface area contributed by atoms with Gasteiger partial charge in [0.25, 0.3) is 17.7 Å². The van der Waals surface area contributed by atoms with Gasteiger partial charge in [0.2, 0.25) is 17.8 Å². The van der Waals surface area contributed by atoms with Crippen LogP contribution in [-0.2, 0) is 46.8 Å². The Hall–Kier alpha value is -11.9. The molecule has 8 aromatic heterocycles. The molecule has 11 N–H and O–H groups in total. The van der Waals surface area contributed by atoms with E-state index in [1.54, 1.807) is 44.4 Å².